The predicted molar refractivity (Wildman–Crippen MR) is 124 cm³/mol. The molecule has 0 aliphatic carbocycles. The fourth-order valence-corrected chi connectivity index (χ4v) is 3.37. The SMILES string of the molecule is CCN(C)C=Nc1cc(Br)c(OC(C)c2ccccc2-c2ccccc2)nc1C. The van der Waals surface area contributed by atoms with Crippen LogP contribution in [0.1, 0.15) is 31.2 Å². The van der Waals surface area contributed by atoms with Gasteiger partial charge in [0.1, 0.15) is 6.10 Å². The van der Waals surface area contributed by atoms with E-state index in [-0.39, 0.29) is 6.10 Å². The first-order valence-electron chi connectivity index (χ1n) is 9.72. The molecule has 0 saturated carbocycles. The molecule has 0 aliphatic heterocycles. The van der Waals surface area contributed by atoms with Gasteiger partial charge in [-0.2, -0.15) is 0 Å². The Kier molecular flexibility index (Phi) is 7.04. The number of aliphatic imine (C=N–C) groups is 1. The van der Waals surface area contributed by atoms with Crippen LogP contribution in [0.4, 0.5) is 5.69 Å². The number of hydrogen-bond donors (Lipinski definition) is 0. The van der Waals surface area contributed by atoms with Crippen LogP contribution in [0.15, 0.2) is 70.1 Å². The second kappa shape index (κ2) is 9.70. The van der Waals surface area contributed by atoms with E-state index in [0.717, 1.165) is 33.5 Å². The summed E-state index contributed by atoms with van der Waals surface area (Å²) in [6.45, 7) is 6.98. The van der Waals surface area contributed by atoms with Crippen molar-refractivity contribution in [3.63, 3.8) is 0 Å². The third-order valence-electron chi connectivity index (χ3n) is 4.77. The van der Waals surface area contributed by atoms with Gasteiger partial charge in [0.15, 0.2) is 0 Å². The Labute approximate surface area is 181 Å². The number of halogens is 1. The van der Waals surface area contributed by atoms with Gasteiger partial charge in [0.2, 0.25) is 5.88 Å². The third kappa shape index (κ3) is 5.24. The lowest BCUT2D eigenvalue weighted by molar-refractivity contribution is 0.216. The number of rotatable bonds is 7. The molecule has 5 heteroatoms. The Morgan fingerprint density at radius 3 is 2.55 bits per heavy atom. The summed E-state index contributed by atoms with van der Waals surface area (Å²) in [5.74, 6) is 0.570. The van der Waals surface area contributed by atoms with Crippen LogP contribution in [0.2, 0.25) is 0 Å². The lowest BCUT2D eigenvalue weighted by Gasteiger charge is -2.19. The van der Waals surface area contributed by atoms with E-state index in [4.69, 9.17) is 4.74 Å². The van der Waals surface area contributed by atoms with E-state index >= 15 is 0 Å². The number of ether oxygens (including phenoxy) is 1. The summed E-state index contributed by atoms with van der Waals surface area (Å²) in [5, 5.41) is 0. The zero-order valence-corrected chi connectivity index (χ0v) is 18.8. The van der Waals surface area contributed by atoms with Gasteiger partial charge < -0.3 is 9.64 Å². The van der Waals surface area contributed by atoms with Gasteiger partial charge in [0.05, 0.1) is 22.2 Å². The highest BCUT2D eigenvalue weighted by Crippen LogP contribution is 2.35. The van der Waals surface area contributed by atoms with Crippen molar-refractivity contribution in [1.82, 2.24) is 9.88 Å². The first-order chi connectivity index (χ1) is 14.0. The molecule has 2 aromatic carbocycles. The molecule has 0 N–H and O–H groups in total. The van der Waals surface area contributed by atoms with E-state index in [1.807, 2.05) is 62.5 Å². The van der Waals surface area contributed by atoms with Crippen molar-refractivity contribution < 1.29 is 4.74 Å². The van der Waals surface area contributed by atoms with Crippen molar-refractivity contribution in [2.75, 3.05) is 13.6 Å². The Bertz CT molecular complexity index is 989. The maximum absolute atomic E-state index is 6.26. The molecule has 29 heavy (non-hydrogen) atoms. The molecule has 0 fully saturated rings. The fraction of sp³-hybridized carbons (Fsp3) is 0.250. The van der Waals surface area contributed by atoms with Gasteiger partial charge in [0, 0.05) is 13.6 Å². The number of benzene rings is 2. The van der Waals surface area contributed by atoms with Crippen LogP contribution in [0.25, 0.3) is 11.1 Å². The van der Waals surface area contributed by atoms with E-state index in [9.17, 15) is 0 Å². The Morgan fingerprint density at radius 2 is 1.83 bits per heavy atom. The largest absolute Gasteiger partial charge is 0.469 e. The Hall–Kier alpha value is -2.66. The fourth-order valence-electron chi connectivity index (χ4n) is 2.97. The van der Waals surface area contributed by atoms with E-state index in [2.05, 4.69) is 63.2 Å². The average molecular weight is 452 g/mol. The van der Waals surface area contributed by atoms with Gasteiger partial charge in [-0.1, -0.05) is 54.6 Å². The van der Waals surface area contributed by atoms with E-state index in [1.165, 1.54) is 5.56 Å². The summed E-state index contributed by atoms with van der Waals surface area (Å²) in [4.78, 5) is 11.2. The molecule has 4 nitrogen and oxygen atoms in total. The van der Waals surface area contributed by atoms with Crippen molar-refractivity contribution in [3.05, 3.63) is 76.4 Å². The summed E-state index contributed by atoms with van der Waals surface area (Å²) in [5.41, 5.74) is 5.11. The summed E-state index contributed by atoms with van der Waals surface area (Å²) >= 11 is 3.59. The molecule has 3 rings (SSSR count). The molecule has 1 unspecified atom stereocenters. The van der Waals surface area contributed by atoms with Crippen LogP contribution in [0.3, 0.4) is 0 Å². The molecule has 3 aromatic rings. The Morgan fingerprint density at radius 1 is 1.14 bits per heavy atom. The van der Waals surface area contributed by atoms with Gasteiger partial charge >= 0.3 is 0 Å². The first kappa shape index (κ1) is 21.1. The van der Waals surface area contributed by atoms with Crippen molar-refractivity contribution in [3.8, 4) is 17.0 Å². The first-order valence-corrected chi connectivity index (χ1v) is 10.5. The van der Waals surface area contributed by atoms with Crippen molar-refractivity contribution >= 4 is 28.0 Å². The minimum Gasteiger partial charge on any atom is -0.469 e. The smallest absolute Gasteiger partial charge is 0.228 e. The molecule has 1 heterocycles. The average Bonchev–Trinajstić information content (AvgIpc) is 2.75. The summed E-state index contributed by atoms with van der Waals surface area (Å²) < 4.78 is 7.05. The number of aryl methyl sites for hydroxylation is 1. The molecule has 0 saturated heterocycles. The van der Waals surface area contributed by atoms with Gasteiger partial charge in [0.25, 0.3) is 0 Å². The number of aromatic nitrogens is 1. The molecule has 150 valence electrons. The summed E-state index contributed by atoms with van der Waals surface area (Å²) in [7, 11) is 1.99. The second-order valence-corrected chi connectivity index (χ2v) is 7.77. The number of pyridine rings is 1. The van der Waals surface area contributed by atoms with Crippen LogP contribution >= 0.6 is 15.9 Å². The molecule has 0 bridgehead atoms. The van der Waals surface area contributed by atoms with Crippen molar-refractivity contribution in [2.24, 2.45) is 4.99 Å². The van der Waals surface area contributed by atoms with Gasteiger partial charge in [-0.3, -0.25) is 0 Å². The predicted octanol–water partition coefficient (Wildman–Crippen LogP) is 6.57. The van der Waals surface area contributed by atoms with Crippen LogP contribution in [0, 0.1) is 6.92 Å². The lowest BCUT2D eigenvalue weighted by Crippen LogP contribution is -2.14. The van der Waals surface area contributed by atoms with Crippen LogP contribution < -0.4 is 4.74 Å². The monoisotopic (exact) mass is 451 g/mol. The molecule has 0 amide bonds. The molecular weight excluding hydrogens is 426 g/mol. The minimum atomic E-state index is -0.157. The lowest BCUT2D eigenvalue weighted by atomic mass is 9.97. The van der Waals surface area contributed by atoms with Crippen molar-refractivity contribution in [2.45, 2.75) is 26.9 Å². The molecule has 0 aliphatic rings. The maximum atomic E-state index is 6.26. The highest BCUT2D eigenvalue weighted by molar-refractivity contribution is 9.10. The zero-order chi connectivity index (χ0) is 20.8. The van der Waals surface area contributed by atoms with E-state index < -0.39 is 0 Å². The van der Waals surface area contributed by atoms with Crippen LogP contribution in [-0.2, 0) is 0 Å². The number of hydrogen-bond acceptors (Lipinski definition) is 3. The maximum Gasteiger partial charge on any atom is 0.228 e. The topological polar surface area (TPSA) is 37.7 Å². The third-order valence-corrected chi connectivity index (χ3v) is 5.34. The molecule has 0 radical (unpaired) electrons. The van der Waals surface area contributed by atoms with Gasteiger partial charge in [-0.15, -0.1) is 0 Å². The van der Waals surface area contributed by atoms with E-state index in [1.54, 1.807) is 0 Å². The van der Waals surface area contributed by atoms with Crippen LogP contribution in [0.5, 0.6) is 5.88 Å². The quantitative estimate of drug-likeness (QED) is 0.301. The Balaban J connectivity index is 1.86. The highest BCUT2D eigenvalue weighted by Gasteiger charge is 2.16. The standard InChI is InChI=1S/C24H26BrN3O/c1-5-28(4)16-26-23-15-22(25)24(27-17(23)2)29-18(3)20-13-9-10-14-21(20)19-11-7-6-8-12-19/h6-16,18H,5H2,1-4H3. The molecular formula is C24H26BrN3O. The van der Waals surface area contributed by atoms with E-state index in [0.29, 0.717) is 5.88 Å². The van der Waals surface area contributed by atoms with Gasteiger partial charge in [-0.25, -0.2) is 9.98 Å². The molecule has 1 aromatic heterocycles. The summed E-state index contributed by atoms with van der Waals surface area (Å²) in [6, 6.07) is 20.6. The highest BCUT2D eigenvalue weighted by atomic mass is 79.9. The van der Waals surface area contributed by atoms with Crippen molar-refractivity contribution in [1.29, 1.82) is 0 Å². The normalized spacial score (nSPS) is 12.2. The molecule has 1 atom stereocenters. The zero-order valence-electron chi connectivity index (χ0n) is 17.3. The molecule has 0 spiro atoms. The minimum absolute atomic E-state index is 0.157. The summed E-state index contributed by atoms with van der Waals surface area (Å²) in [6.07, 6.45) is 1.66. The van der Waals surface area contributed by atoms with Crippen LogP contribution in [-0.4, -0.2) is 29.8 Å². The second-order valence-electron chi connectivity index (χ2n) is 6.91. The number of nitrogens with zero attached hydrogens (tertiary/aromatic N) is 3. The van der Waals surface area contributed by atoms with Gasteiger partial charge in [-0.05, 0) is 59.5 Å².